The van der Waals surface area contributed by atoms with Crippen molar-refractivity contribution >= 4 is 34.5 Å². The molecule has 2 aromatic rings. The van der Waals surface area contributed by atoms with Gasteiger partial charge in [-0.2, -0.15) is 5.10 Å². The van der Waals surface area contributed by atoms with Crippen LogP contribution in [-0.2, 0) is 16.0 Å². The van der Waals surface area contributed by atoms with Crippen LogP contribution in [0.1, 0.15) is 39.2 Å². The smallest absolute Gasteiger partial charge is 0.269 e. The summed E-state index contributed by atoms with van der Waals surface area (Å²) < 4.78 is 0. The molecular formula is C25H26N4O4. The largest absolute Gasteiger partial charge is 0.311 e. The second-order valence-electron chi connectivity index (χ2n) is 9.90. The summed E-state index contributed by atoms with van der Waals surface area (Å²) in [5, 5.41) is 15.4. The highest BCUT2D eigenvalue weighted by Gasteiger charge is 2.77. The first-order chi connectivity index (χ1) is 15.6. The van der Waals surface area contributed by atoms with E-state index in [0.29, 0.717) is 30.8 Å². The number of fused-ring (bicyclic) bond motifs is 3. The van der Waals surface area contributed by atoms with Crippen molar-refractivity contribution < 1.29 is 14.5 Å². The van der Waals surface area contributed by atoms with Gasteiger partial charge in [-0.1, -0.05) is 39.0 Å². The lowest BCUT2D eigenvalue weighted by molar-refractivity contribution is -0.384. The van der Waals surface area contributed by atoms with Crippen LogP contribution >= 0.6 is 0 Å². The SMILES string of the molecule is CC12CCC(C(=O)N3CCc4ccccc43)(C(=O)/C1=N\Nc1ccc([N+](=O)[O-])cc1)C2(C)C. The van der Waals surface area contributed by atoms with Crippen molar-refractivity contribution in [2.75, 3.05) is 16.9 Å². The van der Waals surface area contributed by atoms with Crippen molar-refractivity contribution in [3.8, 4) is 0 Å². The topological polar surface area (TPSA) is 105 Å². The molecule has 3 aliphatic rings. The Labute approximate surface area is 191 Å². The van der Waals surface area contributed by atoms with Crippen molar-refractivity contribution in [1.82, 2.24) is 0 Å². The number of anilines is 2. The molecule has 2 bridgehead atoms. The maximum Gasteiger partial charge on any atom is 0.269 e. The Morgan fingerprint density at radius 2 is 1.79 bits per heavy atom. The summed E-state index contributed by atoms with van der Waals surface area (Å²) in [6.07, 6.45) is 1.98. The van der Waals surface area contributed by atoms with Gasteiger partial charge in [-0.05, 0) is 48.4 Å². The number of carbonyl (C=O) groups is 2. The normalized spacial score (nSPS) is 28.3. The molecule has 2 aromatic carbocycles. The molecule has 1 aliphatic heterocycles. The minimum atomic E-state index is -1.16. The molecule has 33 heavy (non-hydrogen) atoms. The van der Waals surface area contributed by atoms with Crippen molar-refractivity contribution in [2.45, 2.75) is 40.0 Å². The zero-order chi connectivity index (χ0) is 23.6. The highest BCUT2D eigenvalue weighted by Crippen LogP contribution is 2.70. The van der Waals surface area contributed by atoms with Gasteiger partial charge in [0.2, 0.25) is 5.91 Å². The summed E-state index contributed by atoms with van der Waals surface area (Å²) in [7, 11) is 0. The van der Waals surface area contributed by atoms with E-state index in [4.69, 9.17) is 0 Å². The summed E-state index contributed by atoms with van der Waals surface area (Å²) in [6, 6.07) is 13.7. The fourth-order valence-electron chi connectivity index (χ4n) is 6.00. The molecule has 0 radical (unpaired) electrons. The number of Topliss-reactive ketones (excluding diaryl/α,β-unsaturated/α-hetero) is 1. The van der Waals surface area contributed by atoms with Gasteiger partial charge in [0.15, 0.2) is 5.78 Å². The third kappa shape index (κ3) is 2.66. The Bertz CT molecular complexity index is 1220. The van der Waals surface area contributed by atoms with E-state index in [9.17, 15) is 19.7 Å². The third-order valence-corrected chi connectivity index (χ3v) is 8.44. The van der Waals surface area contributed by atoms with Gasteiger partial charge >= 0.3 is 0 Å². The molecule has 2 atom stereocenters. The van der Waals surface area contributed by atoms with E-state index in [2.05, 4.69) is 10.5 Å². The minimum Gasteiger partial charge on any atom is -0.311 e. The predicted molar refractivity (Wildman–Crippen MR) is 125 cm³/mol. The van der Waals surface area contributed by atoms with E-state index in [0.717, 1.165) is 17.7 Å². The molecule has 2 fully saturated rings. The molecule has 0 aromatic heterocycles. The second kappa shape index (κ2) is 6.97. The Morgan fingerprint density at radius 1 is 1.09 bits per heavy atom. The van der Waals surface area contributed by atoms with Crippen LogP contribution in [0.5, 0.6) is 0 Å². The lowest BCUT2D eigenvalue weighted by Crippen LogP contribution is -2.52. The van der Waals surface area contributed by atoms with Crippen LogP contribution in [0.25, 0.3) is 0 Å². The summed E-state index contributed by atoms with van der Waals surface area (Å²) in [5.41, 5.74) is 3.47. The number of hydrogen-bond donors (Lipinski definition) is 1. The molecule has 1 amide bonds. The van der Waals surface area contributed by atoms with Crippen LogP contribution in [0.3, 0.4) is 0 Å². The number of benzene rings is 2. The van der Waals surface area contributed by atoms with Crippen molar-refractivity contribution in [2.24, 2.45) is 21.3 Å². The molecule has 8 heteroatoms. The average molecular weight is 447 g/mol. The Hall–Kier alpha value is -3.55. The molecular weight excluding hydrogens is 420 g/mol. The second-order valence-corrected chi connectivity index (χ2v) is 9.90. The number of nitrogens with zero attached hydrogens (tertiary/aromatic N) is 3. The molecule has 2 saturated carbocycles. The third-order valence-electron chi connectivity index (χ3n) is 8.44. The predicted octanol–water partition coefficient (Wildman–Crippen LogP) is 4.35. The monoisotopic (exact) mass is 446 g/mol. The Kier molecular flexibility index (Phi) is 4.50. The van der Waals surface area contributed by atoms with Crippen molar-refractivity contribution in [3.63, 3.8) is 0 Å². The summed E-state index contributed by atoms with van der Waals surface area (Å²) in [4.78, 5) is 40.1. The highest BCUT2D eigenvalue weighted by atomic mass is 16.6. The van der Waals surface area contributed by atoms with Gasteiger partial charge in [0.05, 0.1) is 10.6 Å². The van der Waals surface area contributed by atoms with E-state index >= 15 is 0 Å². The number of nitrogens with one attached hydrogen (secondary N) is 1. The fourth-order valence-corrected chi connectivity index (χ4v) is 6.00. The van der Waals surface area contributed by atoms with E-state index in [1.165, 1.54) is 12.1 Å². The van der Waals surface area contributed by atoms with Crippen LogP contribution < -0.4 is 10.3 Å². The number of rotatable bonds is 4. The fraction of sp³-hybridized carbons (Fsp3) is 0.400. The number of para-hydroxylation sites is 1. The van der Waals surface area contributed by atoms with Crippen LogP contribution in [0.4, 0.5) is 17.1 Å². The zero-order valence-corrected chi connectivity index (χ0v) is 18.9. The molecule has 2 unspecified atom stereocenters. The van der Waals surface area contributed by atoms with Crippen LogP contribution in [0.15, 0.2) is 53.6 Å². The molecule has 0 spiro atoms. The van der Waals surface area contributed by atoms with Gasteiger partial charge in [0, 0.05) is 29.8 Å². The molecule has 8 nitrogen and oxygen atoms in total. The highest BCUT2D eigenvalue weighted by molar-refractivity contribution is 6.51. The lowest BCUT2D eigenvalue weighted by Gasteiger charge is -2.39. The Balaban J connectivity index is 1.50. The van der Waals surface area contributed by atoms with E-state index < -0.39 is 21.2 Å². The minimum absolute atomic E-state index is 0.0206. The van der Waals surface area contributed by atoms with Gasteiger partial charge < -0.3 is 4.90 Å². The van der Waals surface area contributed by atoms with E-state index in [1.807, 2.05) is 45.0 Å². The summed E-state index contributed by atoms with van der Waals surface area (Å²) >= 11 is 0. The first-order valence-electron chi connectivity index (χ1n) is 11.2. The molecule has 0 saturated heterocycles. The number of amides is 1. The number of hydrazone groups is 1. The molecule has 1 heterocycles. The quantitative estimate of drug-likeness (QED) is 0.427. The van der Waals surface area contributed by atoms with Gasteiger partial charge in [0.25, 0.3) is 5.69 Å². The number of hydrogen-bond acceptors (Lipinski definition) is 6. The molecule has 170 valence electrons. The molecule has 2 aliphatic carbocycles. The Morgan fingerprint density at radius 3 is 2.48 bits per heavy atom. The molecule has 5 rings (SSSR count). The van der Waals surface area contributed by atoms with Gasteiger partial charge in [-0.3, -0.25) is 25.1 Å². The maximum atomic E-state index is 14.0. The standard InChI is InChI=1S/C25H26N4O4/c1-23(2)24(3)13-14-25(23,22(31)28-15-12-16-6-4-5-7-19(16)28)21(30)20(24)27-26-17-8-10-18(11-9-17)29(32)33/h4-11,26H,12-15H2,1-3H3/b27-20+. The summed E-state index contributed by atoms with van der Waals surface area (Å²) in [5.74, 6) is -0.350. The lowest BCUT2D eigenvalue weighted by atomic mass is 9.64. The number of nitro benzene ring substituents is 1. The number of non-ortho nitro benzene ring substituents is 1. The molecule has 1 N–H and O–H groups in total. The number of nitro groups is 1. The van der Waals surface area contributed by atoms with E-state index in [-0.39, 0.29) is 17.4 Å². The van der Waals surface area contributed by atoms with Crippen LogP contribution in [0.2, 0.25) is 0 Å². The number of ketones is 1. The average Bonchev–Trinajstić information content (AvgIpc) is 3.35. The van der Waals surface area contributed by atoms with Gasteiger partial charge in [-0.15, -0.1) is 0 Å². The maximum absolute atomic E-state index is 14.0. The van der Waals surface area contributed by atoms with Crippen molar-refractivity contribution in [1.29, 1.82) is 0 Å². The summed E-state index contributed by atoms with van der Waals surface area (Å²) in [6.45, 7) is 6.60. The van der Waals surface area contributed by atoms with Gasteiger partial charge in [0.1, 0.15) is 11.1 Å². The first kappa shape index (κ1) is 21.3. The zero-order valence-electron chi connectivity index (χ0n) is 18.9. The van der Waals surface area contributed by atoms with Crippen LogP contribution in [0, 0.1) is 26.4 Å². The first-order valence-corrected chi connectivity index (χ1v) is 11.2. The number of carbonyl (C=O) groups excluding carboxylic acids is 2. The van der Waals surface area contributed by atoms with Crippen molar-refractivity contribution in [3.05, 3.63) is 64.2 Å². The van der Waals surface area contributed by atoms with Gasteiger partial charge in [-0.25, -0.2) is 0 Å². The van der Waals surface area contributed by atoms with Crippen LogP contribution in [-0.4, -0.2) is 28.9 Å². The van der Waals surface area contributed by atoms with E-state index in [1.54, 1.807) is 17.0 Å².